The van der Waals surface area contributed by atoms with Crippen molar-refractivity contribution in [3.8, 4) is 33.4 Å². The fraction of sp³-hybridized carbons (Fsp3) is 0.0612. The van der Waals surface area contributed by atoms with E-state index >= 15 is 0 Å². The van der Waals surface area contributed by atoms with Gasteiger partial charge in [-0.25, -0.2) is 0 Å². The Morgan fingerprint density at radius 2 is 1.02 bits per heavy atom. The Bertz CT molecular complexity index is 2760. The van der Waals surface area contributed by atoms with Gasteiger partial charge in [0.25, 0.3) is 0 Å². The molecule has 51 heavy (non-hydrogen) atoms. The van der Waals surface area contributed by atoms with Crippen molar-refractivity contribution in [1.82, 2.24) is 0 Å². The number of benzene rings is 8. The third-order valence-corrected chi connectivity index (χ3v) is 10.9. The van der Waals surface area contributed by atoms with Gasteiger partial charge in [-0.05, 0) is 104 Å². The van der Waals surface area contributed by atoms with Crippen molar-refractivity contribution in [2.45, 2.75) is 19.3 Å². The SMILES string of the molecule is CC1(C)c2ccccc2-c2ccc(N(c3ccccc3)c3ccc(-c4cc5c6ccc(-c7ccccc7)cc6oc5c5ccccc45)cc3)cc21. The molecule has 1 aromatic heterocycles. The zero-order valence-electron chi connectivity index (χ0n) is 28.6. The van der Waals surface area contributed by atoms with Crippen molar-refractivity contribution in [3.05, 3.63) is 187 Å². The number of fused-ring (bicyclic) bond motifs is 8. The van der Waals surface area contributed by atoms with E-state index in [1.807, 2.05) is 0 Å². The molecule has 2 heteroatoms. The Hall–Kier alpha value is -6.38. The summed E-state index contributed by atoms with van der Waals surface area (Å²) in [5, 5.41) is 4.57. The van der Waals surface area contributed by atoms with E-state index < -0.39 is 0 Å². The summed E-state index contributed by atoms with van der Waals surface area (Å²) in [5.41, 5.74) is 15.3. The van der Waals surface area contributed by atoms with E-state index in [0.29, 0.717) is 0 Å². The van der Waals surface area contributed by atoms with Gasteiger partial charge in [0.2, 0.25) is 0 Å². The van der Waals surface area contributed by atoms with E-state index in [9.17, 15) is 0 Å². The van der Waals surface area contributed by atoms with Gasteiger partial charge < -0.3 is 9.32 Å². The maximum Gasteiger partial charge on any atom is 0.143 e. The van der Waals surface area contributed by atoms with Gasteiger partial charge in [-0.1, -0.05) is 135 Å². The Kier molecular flexibility index (Phi) is 6.56. The normalized spacial score (nSPS) is 13.1. The first-order valence-electron chi connectivity index (χ1n) is 17.7. The fourth-order valence-corrected chi connectivity index (χ4v) is 8.29. The summed E-state index contributed by atoms with van der Waals surface area (Å²) >= 11 is 0. The van der Waals surface area contributed by atoms with Crippen LogP contribution >= 0.6 is 0 Å². The second kappa shape index (κ2) is 11.3. The minimum absolute atomic E-state index is 0.0752. The molecule has 0 spiro atoms. The lowest BCUT2D eigenvalue weighted by molar-refractivity contribution is 0.660. The van der Waals surface area contributed by atoms with Gasteiger partial charge in [0.15, 0.2) is 0 Å². The van der Waals surface area contributed by atoms with Crippen LogP contribution in [-0.2, 0) is 5.41 Å². The van der Waals surface area contributed by atoms with E-state index in [4.69, 9.17) is 4.42 Å². The Balaban J connectivity index is 1.09. The Labute approximate surface area is 297 Å². The highest BCUT2D eigenvalue weighted by atomic mass is 16.3. The molecule has 1 heterocycles. The van der Waals surface area contributed by atoms with Crippen LogP contribution in [0.4, 0.5) is 17.1 Å². The fourth-order valence-electron chi connectivity index (χ4n) is 8.29. The minimum Gasteiger partial charge on any atom is -0.455 e. The van der Waals surface area contributed by atoms with Crippen LogP contribution in [0.1, 0.15) is 25.0 Å². The van der Waals surface area contributed by atoms with Gasteiger partial charge in [0.05, 0.1) is 0 Å². The second-order valence-corrected chi connectivity index (χ2v) is 14.1. The highest BCUT2D eigenvalue weighted by Crippen LogP contribution is 2.51. The predicted molar refractivity (Wildman–Crippen MR) is 214 cm³/mol. The summed E-state index contributed by atoms with van der Waals surface area (Å²) < 4.78 is 6.63. The number of hydrogen-bond donors (Lipinski definition) is 0. The molecule has 0 N–H and O–H groups in total. The molecule has 0 saturated heterocycles. The topological polar surface area (TPSA) is 16.4 Å². The highest BCUT2D eigenvalue weighted by molar-refractivity contribution is 6.19. The molecule has 0 bridgehead atoms. The van der Waals surface area contributed by atoms with Crippen LogP contribution in [0, 0.1) is 0 Å². The van der Waals surface area contributed by atoms with Crippen LogP contribution in [0.25, 0.3) is 66.1 Å². The molecule has 9 aromatic rings. The van der Waals surface area contributed by atoms with Crippen LogP contribution in [-0.4, -0.2) is 0 Å². The van der Waals surface area contributed by atoms with E-state index in [1.165, 1.54) is 44.3 Å². The lowest BCUT2D eigenvalue weighted by atomic mass is 9.82. The standard InChI is InChI=1S/C49H35NO/c1-49(2)45-20-12-11-18-39(45)40-28-26-37(30-46(40)49)50(35-15-7-4-8-16-35)36-24-21-33(22-25-36)43-31-44-41-27-23-34(32-13-5-3-6-14-32)29-47(41)51-48(44)42-19-10-9-17-38(42)43/h3-31H,1-2H3. The van der Waals surface area contributed by atoms with Crippen molar-refractivity contribution in [2.24, 2.45) is 0 Å². The number of para-hydroxylation sites is 1. The third kappa shape index (κ3) is 4.64. The molecule has 1 aliphatic rings. The van der Waals surface area contributed by atoms with E-state index in [2.05, 4.69) is 195 Å². The second-order valence-electron chi connectivity index (χ2n) is 14.1. The Morgan fingerprint density at radius 3 is 1.82 bits per heavy atom. The molecule has 8 aromatic carbocycles. The molecular weight excluding hydrogens is 619 g/mol. The molecular formula is C49H35NO. The number of furan rings is 1. The highest BCUT2D eigenvalue weighted by Gasteiger charge is 2.35. The summed E-state index contributed by atoms with van der Waals surface area (Å²) in [6, 6.07) is 63.5. The van der Waals surface area contributed by atoms with E-state index in [1.54, 1.807) is 0 Å². The molecule has 0 unspecified atom stereocenters. The van der Waals surface area contributed by atoms with E-state index in [-0.39, 0.29) is 5.41 Å². The number of hydrogen-bond acceptors (Lipinski definition) is 2. The average molecular weight is 654 g/mol. The van der Waals surface area contributed by atoms with Crippen LogP contribution in [0.2, 0.25) is 0 Å². The van der Waals surface area contributed by atoms with E-state index in [0.717, 1.165) is 50.0 Å². The number of rotatable bonds is 5. The van der Waals surface area contributed by atoms with Gasteiger partial charge in [-0.15, -0.1) is 0 Å². The number of anilines is 3. The zero-order chi connectivity index (χ0) is 34.1. The molecule has 1 aliphatic carbocycles. The van der Waals surface area contributed by atoms with Crippen LogP contribution in [0.5, 0.6) is 0 Å². The molecule has 0 amide bonds. The van der Waals surface area contributed by atoms with Crippen molar-refractivity contribution in [3.63, 3.8) is 0 Å². The Morgan fingerprint density at radius 1 is 0.392 bits per heavy atom. The maximum absolute atomic E-state index is 6.63. The van der Waals surface area contributed by atoms with Crippen molar-refractivity contribution >= 4 is 49.8 Å². The molecule has 2 nitrogen and oxygen atoms in total. The van der Waals surface area contributed by atoms with Gasteiger partial charge in [0, 0.05) is 38.6 Å². The number of nitrogens with zero attached hydrogens (tertiary/aromatic N) is 1. The lowest BCUT2D eigenvalue weighted by Crippen LogP contribution is -2.16. The molecule has 0 radical (unpaired) electrons. The first-order valence-corrected chi connectivity index (χ1v) is 17.7. The van der Waals surface area contributed by atoms with Crippen LogP contribution in [0.15, 0.2) is 180 Å². The summed E-state index contributed by atoms with van der Waals surface area (Å²) in [4.78, 5) is 2.37. The zero-order valence-corrected chi connectivity index (χ0v) is 28.6. The molecule has 242 valence electrons. The molecule has 10 rings (SSSR count). The van der Waals surface area contributed by atoms with Crippen LogP contribution < -0.4 is 4.90 Å². The van der Waals surface area contributed by atoms with Gasteiger partial charge in [-0.2, -0.15) is 0 Å². The van der Waals surface area contributed by atoms with Crippen molar-refractivity contribution in [2.75, 3.05) is 4.90 Å². The van der Waals surface area contributed by atoms with Gasteiger partial charge >= 0.3 is 0 Å². The minimum atomic E-state index is -0.0752. The summed E-state index contributed by atoms with van der Waals surface area (Å²) in [5.74, 6) is 0. The first kappa shape index (κ1) is 29.5. The molecule has 0 saturated carbocycles. The smallest absolute Gasteiger partial charge is 0.143 e. The van der Waals surface area contributed by atoms with Gasteiger partial charge in [-0.3, -0.25) is 0 Å². The van der Waals surface area contributed by atoms with Crippen molar-refractivity contribution in [1.29, 1.82) is 0 Å². The summed E-state index contributed by atoms with van der Waals surface area (Å²) in [7, 11) is 0. The monoisotopic (exact) mass is 653 g/mol. The average Bonchev–Trinajstić information content (AvgIpc) is 3.67. The molecule has 0 atom stereocenters. The molecule has 0 fully saturated rings. The molecule has 0 aliphatic heterocycles. The van der Waals surface area contributed by atoms with Gasteiger partial charge in [0.1, 0.15) is 11.2 Å². The summed E-state index contributed by atoms with van der Waals surface area (Å²) in [6.07, 6.45) is 0. The quantitative estimate of drug-likeness (QED) is 0.184. The van der Waals surface area contributed by atoms with Crippen LogP contribution in [0.3, 0.4) is 0 Å². The largest absolute Gasteiger partial charge is 0.455 e. The predicted octanol–water partition coefficient (Wildman–Crippen LogP) is 13.8. The first-order chi connectivity index (χ1) is 25.0. The van der Waals surface area contributed by atoms with Crippen molar-refractivity contribution < 1.29 is 4.42 Å². The summed E-state index contributed by atoms with van der Waals surface area (Å²) in [6.45, 7) is 4.69. The third-order valence-electron chi connectivity index (χ3n) is 10.9. The lowest BCUT2D eigenvalue weighted by Gasteiger charge is -2.28. The maximum atomic E-state index is 6.63.